The van der Waals surface area contributed by atoms with Crippen molar-refractivity contribution in [2.45, 2.75) is 0 Å². The summed E-state index contributed by atoms with van der Waals surface area (Å²) in [5.41, 5.74) is 11.7. The summed E-state index contributed by atoms with van der Waals surface area (Å²) in [4.78, 5) is 0. The summed E-state index contributed by atoms with van der Waals surface area (Å²) in [6.07, 6.45) is 0. The maximum Gasteiger partial charge on any atom is 0.179 e. The third kappa shape index (κ3) is 5.85. The van der Waals surface area contributed by atoms with Crippen LogP contribution in [0.4, 0.5) is 0 Å². The van der Waals surface area contributed by atoms with E-state index in [2.05, 4.69) is 264 Å². The summed E-state index contributed by atoms with van der Waals surface area (Å²) >= 11 is 0. The Kier molecular flexibility index (Phi) is 8.87. The van der Waals surface area contributed by atoms with Gasteiger partial charge >= 0.3 is 0 Å². The first kappa shape index (κ1) is 36.8. The van der Waals surface area contributed by atoms with Gasteiger partial charge in [0, 0.05) is 32.8 Å². The Balaban J connectivity index is 1.22. The lowest BCUT2D eigenvalue weighted by atomic mass is 10.00. The minimum absolute atomic E-state index is 1.13. The van der Waals surface area contributed by atoms with E-state index in [1.165, 1.54) is 86.6 Å². The molecule has 3 heteroatoms. The maximum absolute atomic E-state index is 2.80. The van der Waals surface area contributed by atoms with Gasteiger partial charge < -0.3 is 9.13 Å². The number of aromatic nitrogens is 2. The summed E-state index contributed by atoms with van der Waals surface area (Å²) in [6.45, 7) is 0. The molecule has 0 saturated carbocycles. The summed E-state index contributed by atoms with van der Waals surface area (Å²) in [6, 6.07) is 94.3. The lowest BCUT2D eigenvalue weighted by Gasteiger charge is -2.34. The fourth-order valence-corrected chi connectivity index (χ4v) is 15.1. The second kappa shape index (κ2) is 15.2. The van der Waals surface area contributed by atoms with Crippen LogP contribution in [0.2, 0.25) is 0 Å². The van der Waals surface area contributed by atoms with Gasteiger partial charge in [0.15, 0.2) is 8.07 Å². The minimum Gasteiger partial charge on any atom is -0.307 e. The number of hydrogen-bond donors (Lipinski definition) is 0. The highest BCUT2D eigenvalue weighted by atomic mass is 28.3. The van der Waals surface area contributed by atoms with Crippen LogP contribution in [0.5, 0.6) is 0 Å². The average molecular weight is 819 g/mol. The van der Waals surface area contributed by atoms with Crippen LogP contribution in [0.1, 0.15) is 0 Å². The van der Waals surface area contributed by atoms with E-state index < -0.39 is 8.07 Å². The zero-order valence-electron chi connectivity index (χ0n) is 34.6. The summed E-state index contributed by atoms with van der Waals surface area (Å²) in [5.74, 6) is 0. The van der Waals surface area contributed by atoms with Crippen LogP contribution in [0, 0.1) is 0 Å². The molecule has 2 aromatic heterocycles. The first-order valence-electron chi connectivity index (χ1n) is 21.8. The lowest BCUT2D eigenvalue weighted by molar-refractivity contribution is 1.13. The molecule has 0 aliphatic rings. The molecule has 2 nitrogen and oxygen atoms in total. The third-order valence-corrected chi connectivity index (χ3v) is 17.8. The average Bonchev–Trinajstić information content (AvgIpc) is 3.88. The van der Waals surface area contributed by atoms with Gasteiger partial charge in [-0.25, -0.2) is 0 Å². The zero-order valence-corrected chi connectivity index (χ0v) is 35.6. The Bertz CT molecular complexity index is 3500. The van der Waals surface area contributed by atoms with E-state index in [9.17, 15) is 0 Å². The second-order valence-corrected chi connectivity index (χ2v) is 20.2. The van der Waals surface area contributed by atoms with Gasteiger partial charge in [0.25, 0.3) is 0 Å². The predicted octanol–water partition coefficient (Wildman–Crippen LogP) is 12.6. The molecule has 12 aromatic rings. The molecular weight excluding hydrogens is 777 g/mol. The molecule has 0 radical (unpaired) electrons. The van der Waals surface area contributed by atoms with Crippen molar-refractivity contribution in [1.82, 2.24) is 9.13 Å². The fourth-order valence-electron chi connectivity index (χ4n) is 10.4. The second-order valence-electron chi connectivity index (χ2n) is 16.4. The Labute approximate surface area is 368 Å². The molecular formula is C60H42N2Si. The van der Waals surface area contributed by atoms with Gasteiger partial charge in [0.1, 0.15) is 0 Å². The Morgan fingerprint density at radius 1 is 0.270 bits per heavy atom. The van der Waals surface area contributed by atoms with E-state index >= 15 is 0 Å². The molecule has 0 N–H and O–H groups in total. The van der Waals surface area contributed by atoms with Crippen LogP contribution in [0.15, 0.2) is 255 Å². The van der Waals surface area contributed by atoms with Gasteiger partial charge in [-0.15, -0.1) is 0 Å². The van der Waals surface area contributed by atoms with E-state index in [1.807, 2.05) is 0 Å². The normalized spacial score (nSPS) is 11.8. The molecule has 0 fully saturated rings. The van der Waals surface area contributed by atoms with Gasteiger partial charge in [-0.3, -0.25) is 0 Å². The first-order chi connectivity index (χ1) is 31.3. The highest BCUT2D eigenvalue weighted by Gasteiger charge is 2.41. The maximum atomic E-state index is 2.56. The molecule has 296 valence electrons. The van der Waals surface area contributed by atoms with E-state index in [4.69, 9.17) is 0 Å². The summed E-state index contributed by atoms with van der Waals surface area (Å²) in [5, 5.41) is 10.4. The van der Waals surface area contributed by atoms with E-state index in [1.54, 1.807) is 0 Å². The van der Waals surface area contributed by atoms with Gasteiger partial charge in [0.05, 0.1) is 27.8 Å². The van der Waals surface area contributed by atoms with Gasteiger partial charge in [-0.05, 0) is 67.8 Å². The molecule has 0 saturated heterocycles. The topological polar surface area (TPSA) is 9.86 Å². The molecule has 63 heavy (non-hydrogen) atoms. The number of benzene rings is 10. The number of hydrogen-bond acceptors (Lipinski definition) is 0. The Morgan fingerprint density at radius 2 is 0.746 bits per heavy atom. The highest BCUT2D eigenvalue weighted by molar-refractivity contribution is 7.20. The van der Waals surface area contributed by atoms with Gasteiger partial charge in [-0.2, -0.15) is 0 Å². The highest BCUT2D eigenvalue weighted by Crippen LogP contribution is 2.44. The van der Waals surface area contributed by atoms with Crippen LogP contribution in [0.25, 0.3) is 77.2 Å². The number of para-hydroxylation sites is 2. The van der Waals surface area contributed by atoms with E-state index in [0.29, 0.717) is 0 Å². The van der Waals surface area contributed by atoms with Crippen LogP contribution >= 0.6 is 0 Å². The third-order valence-electron chi connectivity index (χ3n) is 13.1. The Hall–Kier alpha value is -7.98. The molecule has 10 aromatic carbocycles. The fraction of sp³-hybridized carbons (Fsp3) is 0. The SMILES string of the molecule is c1ccc(-c2cccc(-n3c4ccccc4c4ccc(-c5ccccc5)c(-n5c6ccccc6c6cc([Si](c7ccccc7)(c7ccccc7)c7ccccc7)ccc65)c43)c2)cc1. The van der Waals surface area contributed by atoms with Crippen molar-refractivity contribution in [2.75, 3.05) is 0 Å². The quantitative estimate of drug-likeness (QED) is 0.107. The number of fused-ring (bicyclic) bond motifs is 6. The summed E-state index contributed by atoms with van der Waals surface area (Å²) in [7, 11) is -2.80. The van der Waals surface area contributed by atoms with E-state index in [-0.39, 0.29) is 0 Å². The van der Waals surface area contributed by atoms with Crippen molar-refractivity contribution >= 4 is 72.4 Å². The van der Waals surface area contributed by atoms with Crippen LogP contribution < -0.4 is 20.7 Å². The predicted molar refractivity (Wildman–Crippen MR) is 270 cm³/mol. The molecule has 0 amide bonds. The van der Waals surface area contributed by atoms with Crippen LogP contribution in [-0.4, -0.2) is 17.2 Å². The molecule has 0 spiro atoms. The number of rotatable bonds is 8. The van der Waals surface area contributed by atoms with Gasteiger partial charge in [-0.1, -0.05) is 224 Å². The molecule has 0 aliphatic carbocycles. The number of nitrogens with zero attached hydrogens (tertiary/aromatic N) is 2. The Morgan fingerprint density at radius 3 is 1.35 bits per heavy atom. The van der Waals surface area contributed by atoms with Crippen molar-refractivity contribution in [3.05, 3.63) is 255 Å². The zero-order chi connectivity index (χ0) is 41.7. The minimum atomic E-state index is -2.80. The molecule has 0 aliphatic heterocycles. The first-order valence-corrected chi connectivity index (χ1v) is 23.8. The standard InChI is InChI=1S/C60H42N2Si/c1-6-21-43(22-7-1)45-25-20-26-46(41-45)61-56-35-18-16-33-52(56)54-39-38-51(44-23-8-2-9-24-44)59(60(54)61)62-57-36-19-17-34-53(57)55-42-50(37-40-58(55)62)63(47-27-10-3-11-28-47,48-29-12-4-13-30-48)49-31-14-5-15-32-49/h1-42H. The summed E-state index contributed by atoms with van der Waals surface area (Å²) < 4.78 is 5.07. The van der Waals surface area contributed by atoms with Crippen molar-refractivity contribution in [2.24, 2.45) is 0 Å². The van der Waals surface area contributed by atoms with Crippen molar-refractivity contribution < 1.29 is 0 Å². The largest absolute Gasteiger partial charge is 0.307 e. The monoisotopic (exact) mass is 818 g/mol. The van der Waals surface area contributed by atoms with Crippen molar-refractivity contribution in [1.29, 1.82) is 0 Å². The van der Waals surface area contributed by atoms with E-state index in [0.717, 1.165) is 11.4 Å². The van der Waals surface area contributed by atoms with Crippen molar-refractivity contribution in [3.8, 4) is 33.6 Å². The molecule has 0 bridgehead atoms. The molecule has 0 atom stereocenters. The van der Waals surface area contributed by atoms with Crippen LogP contribution in [0.3, 0.4) is 0 Å². The molecule has 12 rings (SSSR count). The van der Waals surface area contributed by atoms with Crippen molar-refractivity contribution in [3.63, 3.8) is 0 Å². The smallest absolute Gasteiger partial charge is 0.179 e. The van der Waals surface area contributed by atoms with Gasteiger partial charge in [0.2, 0.25) is 0 Å². The molecule has 0 unspecified atom stereocenters. The molecule has 2 heterocycles. The van der Waals surface area contributed by atoms with Crippen LogP contribution in [-0.2, 0) is 0 Å². The lowest BCUT2D eigenvalue weighted by Crippen LogP contribution is -2.74.